The van der Waals surface area contributed by atoms with E-state index in [4.69, 9.17) is 0 Å². The van der Waals surface area contributed by atoms with Crippen molar-refractivity contribution in [1.82, 2.24) is 14.3 Å². The zero-order valence-corrected chi connectivity index (χ0v) is 10.5. The van der Waals surface area contributed by atoms with Crippen LogP contribution in [0, 0.1) is 0 Å². The molecule has 0 aliphatic heterocycles. The highest BCUT2D eigenvalue weighted by Crippen LogP contribution is 2.18. The number of hydrogen-bond acceptors (Lipinski definition) is 2. The van der Waals surface area contributed by atoms with Crippen LogP contribution in [0.15, 0.2) is 29.0 Å². The van der Waals surface area contributed by atoms with Crippen molar-refractivity contribution < 1.29 is 0 Å². The molecule has 0 N–H and O–H groups in total. The van der Waals surface area contributed by atoms with Gasteiger partial charge in [-0.3, -0.25) is 0 Å². The highest BCUT2D eigenvalue weighted by Gasteiger charge is 2.07. The number of likely N-dealkylation sites (N-methyl/N-ethyl adjacent to an activating group) is 1. The third kappa shape index (κ3) is 2.21. The number of nitrogens with zero attached hydrogens (tertiary/aromatic N) is 3. The Morgan fingerprint density at radius 2 is 2.20 bits per heavy atom. The molecule has 3 nitrogen and oxygen atoms in total. The van der Waals surface area contributed by atoms with Crippen LogP contribution in [0.2, 0.25) is 0 Å². The van der Waals surface area contributed by atoms with Crippen LogP contribution in [0.25, 0.3) is 5.52 Å². The van der Waals surface area contributed by atoms with Crippen molar-refractivity contribution in [3.05, 3.63) is 34.8 Å². The number of hydrogen-bond donors (Lipinski definition) is 0. The Morgan fingerprint density at radius 3 is 2.93 bits per heavy atom. The lowest BCUT2D eigenvalue weighted by molar-refractivity contribution is 0.409. The number of aromatic nitrogens is 2. The van der Waals surface area contributed by atoms with Crippen LogP contribution in [0.5, 0.6) is 0 Å². The first kappa shape index (κ1) is 10.6. The Hall–Kier alpha value is -0.870. The van der Waals surface area contributed by atoms with Gasteiger partial charge in [-0.1, -0.05) is 6.07 Å². The Kier molecular flexibility index (Phi) is 3.07. The molecule has 0 bridgehead atoms. The van der Waals surface area contributed by atoms with Crippen LogP contribution in [-0.4, -0.2) is 34.9 Å². The van der Waals surface area contributed by atoms with E-state index in [1.54, 1.807) is 0 Å². The molecule has 0 spiro atoms. The maximum Gasteiger partial charge on any atom is 0.132 e. The number of rotatable bonds is 3. The average Bonchev–Trinajstić information content (AvgIpc) is 2.54. The molecule has 0 fully saturated rings. The van der Waals surface area contributed by atoms with E-state index in [1.165, 1.54) is 0 Å². The molecular weight excluding hydrogens is 254 g/mol. The van der Waals surface area contributed by atoms with Crippen LogP contribution in [0.1, 0.15) is 5.82 Å². The normalized spacial score (nSPS) is 11.5. The summed E-state index contributed by atoms with van der Waals surface area (Å²) in [4.78, 5) is 6.68. The standard InChI is InChI=1S/C11H14BrN3/c1-14(2)8-6-10-13-11(12)9-5-3-4-7-15(9)10/h3-5,7H,6,8H2,1-2H3. The molecular formula is C11H14BrN3. The van der Waals surface area contributed by atoms with E-state index in [9.17, 15) is 0 Å². The van der Waals surface area contributed by atoms with Crippen molar-refractivity contribution in [2.24, 2.45) is 0 Å². The molecule has 80 valence electrons. The van der Waals surface area contributed by atoms with Gasteiger partial charge in [0, 0.05) is 19.2 Å². The molecule has 2 rings (SSSR count). The molecule has 0 unspecified atom stereocenters. The molecule has 2 aromatic rings. The van der Waals surface area contributed by atoms with E-state index in [0.29, 0.717) is 0 Å². The van der Waals surface area contributed by atoms with Crippen LogP contribution in [-0.2, 0) is 6.42 Å². The summed E-state index contributed by atoms with van der Waals surface area (Å²) in [6.07, 6.45) is 3.02. The van der Waals surface area contributed by atoms with Crippen molar-refractivity contribution in [2.45, 2.75) is 6.42 Å². The third-order valence-electron chi connectivity index (χ3n) is 2.36. The maximum absolute atomic E-state index is 4.51. The largest absolute Gasteiger partial charge is 0.309 e. The number of pyridine rings is 1. The summed E-state index contributed by atoms with van der Waals surface area (Å²) >= 11 is 3.48. The monoisotopic (exact) mass is 267 g/mol. The fourth-order valence-electron chi connectivity index (χ4n) is 1.56. The first-order chi connectivity index (χ1) is 7.18. The molecule has 0 amide bonds. The highest BCUT2D eigenvalue weighted by atomic mass is 79.9. The van der Waals surface area contributed by atoms with Gasteiger partial charge in [0.1, 0.15) is 10.4 Å². The summed E-state index contributed by atoms with van der Waals surface area (Å²) in [5.74, 6) is 1.10. The number of imidazole rings is 1. The second-order valence-corrected chi connectivity index (χ2v) is 4.58. The average molecular weight is 268 g/mol. The zero-order valence-electron chi connectivity index (χ0n) is 8.94. The fraction of sp³-hybridized carbons (Fsp3) is 0.364. The predicted molar refractivity (Wildman–Crippen MR) is 65.2 cm³/mol. The Morgan fingerprint density at radius 1 is 1.40 bits per heavy atom. The lowest BCUT2D eigenvalue weighted by atomic mass is 10.3. The van der Waals surface area contributed by atoms with Gasteiger partial charge in [-0.05, 0) is 42.2 Å². The van der Waals surface area contributed by atoms with Crippen molar-refractivity contribution in [1.29, 1.82) is 0 Å². The van der Waals surface area contributed by atoms with Gasteiger partial charge in [-0.25, -0.2) is 4.98 Å². The summed E-state index contributed by atoms with van der Waals surface area (Å²) in [5, 5.41) is 0. The van der Waals surface area contributed by atoms with Gasteiger partial charge in [-0.15, -0.1) is 0 Å². The number of halogens is 1. The molecule has 2 heterocycles. The Balaban J connectivity index is 2.35. The fourth-order valence-corrected chi connectivity index (χ4v) is 2.09. The summed E-state index contributed by atoms with van der Waals surface area (Å²) in [6.45, 7) is 1.01. The molecule has 2 aromatic heterocycles. The van der Waals surface area contributed by atoms with Crippen LogP contribution in [0.3, 0.4) is 0 Å². The van der Waals surface area contributed by atoms with Crippen molar-refractivity contribution in [3.8, 4) is 0 Å². The van der Waals surface area contributed by atoms with E-state index >= 15 is 0 Å². The van der Waals surface area contributed by atoms with E-state index in [0.717, 1.165) is 28.9 Å². The lowest BCUT2D eigenvalue weighted by Gasteiger charge is -2.07. The summed E-state index contributed by atoms with van der Waals surface area (Å²) in [5.41, 5.74) is 1.13. The quantitative estimate of drug-likeness (QED) is 0.850. The Labute approximate surface area is 97.9 Å². The number of fused-ring (bicyclic) bond motifs is 1. The first-order valence-corrected chi connectivity index (χ1v) is 5.74. The van der Waals surface area contributed by atoms with Gasteiger partial charge >= 0.3 is 0 Å². The minimum atomic E-state index is 0.928. The molecule has 0 aromatic carbocycles. The Bertz CT molecular complexity index is 462. The molecule has 0 atom stereocenters. The van der Waals surface area contributed by atoms with Gasteiger partial charge in [0.05, 0.1) is 5.52 Å². The second-order valence-electron chi connectivity index (χ2n) is 3.83. The van der Waals surface area contributed by atoms with Gasteiger partial charge in [0.2, 0.25) is 0 Å². The van der Waals surface area contributed by atoms with Crippen molar-refractivity contribution in [2.75, 3.05) is 20.6 Å². The molecule has 0 radical (unpaired) electrons. The van der Waals surface area contributed by atoms with E-state index in [-0.39, 0.29) is 0 Å². The summed E-state index contributed by atoms with van der Waals surface area (Å²) < 4.78 is 3.06. The van der Waals surface area contributed by atoms with E-state index in [2.05, 4.69) is 56.6 Å². The third-order valence-corrected chi connectivity index (χ3v) is 2.94. The van der Waals surface area contributed by atoms with Gasteiger partial charge in [0.25, 0.3) is 0 Å². The first-order valence-electron chi connectivity index (χ1n) is 4.94. The second kappa shape index (κ2) is 4.33. The van der Waals surface area contributed by atoms with Crippen molar-refractivity contribution >= 4 is 21.4 Å². The van der Waals surface area contributed by atoms with Crippen LogP contribution >= 0.6 is 15.9 Å². The van der Waals surface area contributed by atoms with E-state index < -0.39 is 0 Å². The molecule has 15 heavy (non-hydrogen) atoms. The predicted octanol–water partition coefficient (Wildman–Crippen LogP) is 2.20. The maximum atomic E-state index is 4.51. The minimum absolute atomic E-state index is 0.928. The zero-order chi connectivity index (χ0) is 10.8. The van der Waals surface area contributed by atoms with Gasteiger partial charge < -0.3 is 9.30 Å². The summed E-state index contributed by atoms with van der Waals surface area (Å²) in [6, 6.07) is 6.12. The molecule has 4 heteroatoms. The van der Waals surface area contributed by atoms with Crippen molar-refractivity contribution in [3.63, 3.8) is 0 Å². The molecule has 0 saturated carbocycles. The minimum Gasteiger partial charge on any atom is -0.309 e. The SMILES string of the molecule is CN(C)CCc1nc(Br)c2ccccn12. The topological polar surface area (TPSA) is 20.5 Å². The lowest BCUT2D eigenvalue weighted by Crippen LogP contribution is -2.16. The molecule has 0 saturated heterocycles. The highest BCUT2D eigenvalue weighted by molar-refractivity contribution is 9.10. The van der Waals surface area contributed by atoms with Gasteiger partial charge in [-0.2, -0.15) is 0 Å². The molecule has 0 aliphatic carbocycles. The smallest absolute Gasteiger partial charge is 0.132 e. The van der Waals surface area contributed by atoms with E-state index in [1.807, 2.05) is 12.1 Å². The molecule has 0 aliphatic rings. The summed E-state index contributed by atoms with van der Waals surface area (Å²) in [7, 11) is 4.15. The van der Waals surface area contributed by atoms with Crippen LogP contribution < -0.4 is 0 Å². The van der Waals surface area contributed by atoms with Gasteiger partial charge in [0.15, 0.2) is 0 Å². The van der Waals surface area contributed by atoms with Crippen LogP contribution in [0.4, 0.5) is 0 Å².